The van der Waals surface area contributed by atoms with E-state index in [9.17, 15) is 9.59 Å². The molecule has 0 bridgehead atoms. The quantitative estimate of drug-likeness (QED) is 0.0766. The van der Waals surface area contributed by atoms with Crippen molar-refractivity contribution in [2.75, 3.05) is 83.6 Å². The van der Waals surface area contributed by atoms with Gasteiger partial charge in [-0.05, 0) is 180 Å². The normalized spacial score (nSPS) is 17.9. The van der Waals surface area contributed by atoms with Crippen molar-refractivity contribution in [3.8, 4) is 5.75 Å². The number of thioether (sulfide) groups is 9. The van der Waals surface area contributed by atoms with Crippen molar-refractivity contribution in [2.45, 2.75) is 160 Å². The molecule has 6 aliphatic rings. The maximum absolute atomic E-state index is 11.8. The predicted molar refractivity (Wildman–Crippen MR) is 505 cm³/mol. The van der Waals surface area contributed by atoms with E-state index in [0.29, 0.717) is 33.0 Å². The van der Waals surface area contributed by atoms with Gasteiger partial charge in [-0.15, -0.1) is 163 Å². The fourth-order valence-electron chi connectivity index (χ4n) is 14.2. The first kappa shape index (κ1) is 84.9. The fraction of sp³-hybridized carbons (Fsp3) is 0.319. The highest BCUT2D eigenvalue weighted by molar-refractivity contribution is 8.08. The second-order valence-electron chi connectivity index (χ2n) is 27.8. The molecular formula is C91H98N4O3S14. The zero-order valence-corrected chi connectivity index (χ0v) is 77.1. The molecule has 0 amide bonds. The van der Waals surface area contributed by atoms with Crippen LogP contribution in [0.1, 0.15) is 69.0 Å². The summed E-state index contributed by atoms with van der Waals surface area (Å²) in [6, 6.07) is 64.9. The molecule has 11 aromatic rings. The topological polar surface area (TPSA) is 56.3 Å². The number of benzene rings is 6. The lowest BCUT2D eigenvalue weighted by Gasteiger charge is -2.39. The first-order valence-corrected chi connectivity index (χ1v) is 50.6. The summed E-state index contributed by atoms with van der Waals surface area (Å²) in [6.45, 7) is 34.1. The standard InChI is InChI=1S/C34H32N2S3.C21H21NS3.C15H14O2S3.C13H21NS3.C8H10OS2/c1-25-33-34(26(2)37-25)39-32(24-36(29-19-11-5-12-20-29)30-21-13-6-14-22-30)31(38-33)23-35(27-15-7-3-8-16-27)28-17-9-4-10-18-28;1-15-20-21(16(2)24-15)25-19(14-23-20)13-22(17-9-5-3-6-10-17)18-11-7-4-8-12-18;1-8-14-15(9(2)19-8)20-12(7-18-14)6-10-5-11(16)3-4-13(10)17;1-5-14(6-2)7-11-8-15-12-9(3)16-10(4)13(12)17-11;1-5-7-8(6(2)11-5)10-4-3-9-7/h3-22,31-32H,23-24H2,1-2H3;3-12,19H,13-14H2,1-2H3;3-5,12H,6-7H2,1-2H3;11H,5-8H2,1-4H3;3-4H2,1-2H3. The number of ketones is 2. The summed E-state index contributed by atoms with van der Waals surface area (Å²) in [5, 5.41) is 2.51. The van der Waals surface area contributed by atoms with E-state index in [4.69, 9.17) is 4.74 Å². The molecule has 0 spiro atoms. The maximum Gasteiger partial charge on any atom is 0.182 e. The summed E-state index contributed by atoms with van der Waals surface area (Å²) in [7, 11) is 0. The molecule has 7 nitrogen and oxygen atoms in total. The minimum absolute atomic E-state index is 0.0146. The lowest BCUT2D eigenvalue weighted by molar-refractivity contribution is -0.114. The van der Waals surface area contributed by atoms with Crippen LogP contribution in [0.3, 0.4) is 0 Å². The molecule has 584 valence electrons. The molecule has 5 aliphatic heterocycles. The minimum atomic E-state index is -0.0729. The lowest BCUT2D eigenvalue weighted by atomic mass is 9.99. The van der Waals surface area contributed by atoms with Crippen LogP contribution in [0.25, 0.3) is 0 Å². The number of para-hydroxylation sites is 6. The summed E-state index contributed by atoms with van der Waals surface area (Å²) in [5.74, 6) is 5.59. The van der Waals surface area contributed by atoms with Crippen molar-refractivity contribution < 1.29 is 14.3 Å². The third-order valence-corrected chi connectivity index (χ3v) is 39.8. The van der Waals surface area contributed by atoms with Crippen molar-refractivity contribution in [3.63, 3.8) is 0 Å². The van der Waals surface area contributed by atoms with E-state index in [1.54, 1.807) is 9.79 Å². The summed E-state index contributed by atoms with van der Waals surface area (Å²) >= 11 is 27.7. The Bertz CT molecular complexity index is 4740. The Kier molecular flexibility index (Phi) is 31.0. The highest BCUT2D eigenvalue weighted by Gasteiger charge is 2.37. The van der Waals surface area contributed by atoms with Gasteiger partial charge in [0.05, 0.1) is 11.5 Å². The van der Waals surface area contributed by atoms with Crippen LogP contribution in [0.5, 0.6) is 5.75 Å². The molecule has 0 radical (unpaired) electrons. The number of nitrogens with zero attached hydrogens (tertiary/aromatic N) is 4. The van der Waals surface area contributed by atoms with Gasteiger partial charge in [0, 0.05) is 203 Å². The molecule has 17 rings (SSSR count). The largest absolute Gasteiger partial charge is 0.490 e. The van der Waals surface area contributed by atoms with Gasteiger partial charge in [-0.3, -0.25) is 9.59 Å². The average molecular weight is 1740 g/mol. The van der Waals surface area contributed by atoms with Crippen molar-refractivity contribution >= 4 is 208 Å². The van der Waals surface area contributed by atoms with E-state index in [1.165, 1.54) is 167 Å². The second kappa shape index (κ2) is 40.9. The Morgan fingerprint density at radius 3 is 1.02 bits per heavy atom. The SMILES string of the molecule is CCN(CC)CC1CSc2c(C)sc(C)c2S1.Cc1sc(C)c2c1OCCS2.Cc1sc(C)c2c1SC(CN(c1ccccc1)c1ccccc1)C(CN(c1ccccc1)c1ccccc1)S2.Cc1sc(C)c2c1SCC(CC1=CC(=O)C=CC1=O)S2.Cc1sc(C)c2c1SCC(CN(c1ccccc1)c1ccccc1)S2. The summed E-state index contributed by atoms with van der Waals surface area (Å²) in [6.07, 6.45) is 4.91. The number of thiophene rings is 5. The van der Waals surface area contributed by atoms with Crippen LogP contribution in [0, 0.1) is 69.2 Å². The molecule has 5 unspecified atom stereocenters. The van der Waals surface area contributed by atoms with Gasteiger partial charge in [0.1, 0.15) is 5.75 Å². The minimum Gasteiger partial charge on any atom is -0.490 e. The van der Waals surface area contributed by atoms with Crippen LogP contribution in [0.4, 0.5) is 34.1 Å². The van der Waals surface area contributed by atoms with Gasteiger partial charge in [-0.25, -0.2) is 0 Å². The molecule has 0 saturated carbocycles. The van der Waals surface area contributed by atoms with E-state index >= 15 is 0 Å². The van der Waals surface area contributed by atoms with Gasteiger partial charge >= 0.3 is 0 Å². The molecule has 5 atom stereocenters. The van der Waals surface area contributed by atoms with Crippen molar-refractivity contribution in [1.29, 1.82) is 0 Å². The van der Waals surface area contributed by atoms with E-state index in [2.05, 4.69) is 343 Å². The summed E-state index contributed by atoms with van der Waals surface area (Å²) < 4.78 is 5.56. The Morgan fingerprint density at radius 2 is 0.652 bits per heavy atom. The van der Waals surface area contributed by atoms with Gasteiger partial charge in [0.25, 0.3) is 0 Å². The summed E-state index contributed by atoms with van der Waals surface area (Å²) in [5.41, 5.74) is 8.13. The van der Waals surface area contributed by atoms with Gasteiger partial charge in [0.2, 0.25) is 0 Å². The van der Waals surface area contributed by atoms with Crippen LogP contribution in [-0.4, -0.2) is 112 Å². The molecule has 1 aliphatic carbocycles. The Morgan fingerprint density at radius 1 is 0.339 bits per heavy atom. The van der Waals surface area contributed by atoms with E-state index in [0.717, 1.165) is 48.7 Å². The zero-order valence-electron chi connectivity index (χ0n) is 65.7. The number of rotatable bonds is 18. The smallest absolute Gasteiger partial charge is 0.182 e. The van der Waals surface area contributed by atoms with Crippen LogP contribution in [-0.2, 0) is 9.59 Å². The number of hydrogen-bond acceptors (Lipinski definition) is 21. The Labute approximate surface area is 723 Å². The molecule has 10 heterocycles. The number of hydrogen-bond donors (Lipinski definition) is 0. The van der Waals surface area contributed by atoms with E-state index in [1.807, 2.05) is 104 Å². The predicted octanol–water partition coefficient (Wildman–Crippen LogP) is 27.8. The molecule has 5 aromatic heterocycles. The van der Waals surface area contributed by atoms with Gasteiger partial charge in [-0.1, -0.05) is 123 Å². The molecule has 0 N–H and O–H groups in total. The van der Waals surface area contributed by atoms with E-state index in [-0.39, 0.29) is 11.6 Å². The third-order valence-electron chi connectivity index (χ3n) is 19.7. The molecule has 21 heteroatoms. The summed E-state index contributed by atoms with van der Waals surface area (Å²) in [4.78, 5) is 60.8. The van der Waals surface area contributed by atoms with Crippen LogP contribution >= 0.6 is 163 Å². The lowest BCUT2D eigenvalue weighted by Crippen LogP contribution is -2.41. The highest BCUT2D eigenvalue weighted by Crippen LogP contribution is 2.55. The zero-order chi connectivity index (χ0) is 78.4. The monoisotopic (exact) mass is 1740 g/mol. The number of ether oxygens (including phenoxy) is 1. The number of carbonyl (C=O) groups is 2. The van der Waals surface area contributed by atoms with Gasteiger partial charge in [0.15, 0.2) is 11.6 Å². The van der Waals surface area contributed by atoms with Crippen molar-refractivity contribution in [3.05, 3.63) is 255 Å². The van der Waals surface area contributed by atoms with E-state index < -0.39 is 0 Å². The van der Waals surface area contributed by atoms with Crippen LogP contribution in [0.2, 0.25) is 0 Å². The third kappa shape index (κ3) is 21.4. The number of allylic oxidation sites excluding steroid dienone is 4. The molecule has 0 fully saturated rings. The van der Waals surface area contributed by atoms with Crippen molar-refractivity contribution in [1.82, 2.24) is 4.90 Å². The Balaban J connectivity index is 0.000000130. The average Bonchev–Trinajstić information content (AvgIpc) is 1.32. The Hall–Kier alpha value is -5.05. The fourth-order valence-corrected chi connectivity index (χ4v) is 33.9. The number of aryl methyl sites for hydroxylation is 10. The molecule has 6 aromatic carbocycles. The first-order chi connectivity index (χ1) is 54.4. The molecule has 112 heavy (non-hydrogen) atoms. The van der Waals surface area contributed by atoms with Crippen LogP contribution < -0.4 is 19.4 Å². The molecule has 0 saturated heterocycles. The molecular weight excluding hydrogens is 1650 g/mol. The first-order valence-electron chi connectivity index (χ1n) is 38.2. The number of anilines is 6. The second-order valence-corrected chi connectivity index (χ2v) is 45.6. The van der Waals surface area contributed by atoms with Crippen molar-refractivity contribution in [2.24, 2.45) is 0 Å². The number of fused-ring (bicyclic) bond motifs is 5. The highest BCUT2D eigenvalue weighted by atomic mass is 32.2. The van der Waals surface area contributed by atoms with Gasteiger partial charge < -0.3 is 24.3 Å². The van der Waals surface area contributed by atoms with Crippen LogP contribution in [0.15, 0.2) is 250 Å². The number of carbonyl (C=O) groups excluding carboxylic acids is 2. The van der Waals surface area contributed by atoms with Gasteiger partial charge in [-0.2, -0.15) is 0 Å². The maximum atomic E-state index is 11.8.